The maximum absolute atomic E-state index is 11.9. The molecule has 2 N–H and O–H groups in total. The van der Waals surface area contributed by atoms with Crippen LogP contribution in [-0.4, -0.2) is 29.9 Å². The lowest BCUT2D eigenvalue weighted by molar-refractivity contribution is -0.149. The number of hydrogen-bond acceptors (Lipinski definition) is 4. The fraction of sp³-hybridized carbons (Fsp3) is 0.385. The molecule has 1 fully saturated rings. The third-order valence-corrected chi connectivity index (χ3v) is 3.07. The monoisotopic (exact) mass is 248 g/mol. The molecule has 1 aliphatic rings. The van der Waals surface area contributed by atoms with E-state index in [2.05, 4.69) is 0 Å². The van der Waals surface area contributed by atoms with Crippen molar-refractivity contribution in [2.75, 3.05) is 7.11 Å². The summed E-state index contributed by atoms with van der Waals surface area (Å²) in [6, 6.07) is 6.75. The Morgan fingerprint density at radius 1 is 1.39 bits per heavy atom. The van der Waals surface area contributed by atoms with E-state index < -0.39 is 6.04 Å². The summed E-state index contributed by atoms with van der Waals surface area (Å²) in [6.45, 7) is 0.218. The van der Waals surface area contributed by atoms with Crippen molar-refractivity contribution >= 4 is 11.8 Å². The third-order valence-electron chi connectivity index (χ3n) is 3.07. The Balaban J connectivity index is 2.21. The fourth-order valence-corrected chi connectivity index (χ4v) is 2.03. The summed E-state index contributed by atoms with van der Waals surface area (Å²) >= 11 is 0. The summed E-state index contributed by atoms with van der Waals surface area (Å²) in [5.41, 5.74) is 6.48. The summed E-state index contributed by atoms with van der Waals surface area (Å²) in [6.07, 6.45) is 0.752. The van der Waals surface area contributed by atoms with Gasteiger partial charge in [0.05, 0.1) is 19.7 Å². The predicted molar refractivity (Wildman–Crippen MR) is 65.8 cm³/mol. The summed E-state index contributed by atoms with van der Waals surface area (Å²) < 4.78 is 5.20. The Morgan fingerprint density at radius 3 is 2.83 bits per heavy atom. The van der Waals surface area contributed by atoms with Gasteiger partial charge in [-0.1, -0.05) is 18.2 Å². The van der Waals surface area contributed by atoms with Crippen LogP contribution in [0.1, 0.15) is 18.4 Å². The van der Waals surface area contributed by atoms with E-state index in [-0.39, 0.29) is 18.4 Å². The molecule has 0 aliphatic carbocycles. The minimum atomic E-state index is -0.572. The lowest BCUT2D eigenvalue weighted by atomic mass is 10.0. The van der Waals surface area contributed by atoms with Gasteiger partial charge in [-0.05, 0) is 12.5 Å². The molecule has 1 heterocycles. The molecule has 0 saturated carbocycles. The highest BCUT2D eigenvalue weighted by molar-refractivity contribution is 6.00. The van der Waals surface area contributed by atoms with Crippen LogP contribution in [0.5, 0.6) is 5.75 Å². The molecule has 1 aromatic rings. The van der Waals surface area contributed by atoms with Crippen molar-refractivity contribution < 1.29 is 14.3 Å². The van der Waals surface area contributed by atoms with Gasteiger partial charge in [0.1, 0.15) is 5.75 Å². The van der Waals surface area contributed by atoms with Gasteiger partial charge in [0.2, 0.25) is 11.8 Å². The zero-order valence-corrected chi connectivity index (χ0v) is 10.3. The van der Waals surface area contributed by atoms with Gasteiger partial charge >= 0.3 is 0 Å². The van der Waals surface area contributed by atoms with E-state index in [1.54, 1.807) is 13.2 Å². The Morgan fingerprint density at radius 2 is 2.11 bits per heavy atom. The van der Waals surface area contributed by atoms with E-state index >= 15 is 0 Å². The lowest BCUT2D eigenvalue weighted by Crippen LogP contribution is -2.50. The first-order chi connectivity index (χ1) is 8.63. The molecular formula is C13H16N2O3. The number of methoxy groups -OCH3 is 1. The number of ether oxygens (including phenoxy) is 1. The second-order valence-corrected chi connectivity index (χ2v) is 4.28. The van der Waals surface area contributed by atoms with Crippen LogP contribution in [0.25, 0.3) is 0 Å². The van der Waals surface area contributed by atoms with Gasteiger partial charge in [-0.2, -0.15) is 0 Å². The van der Waals surface area contributed by atoms with Crippen molar-refractivity contribution in [2.24, 2.45) is 5.73 Å². The summed E-state index contributed by atoms with van der Waals surface area (Å²) in [4.78, 5) is 24.9. The molecule has 0 aromatic heterocycles. The van der Waals surface area contributed by atoms with Gasteiger partial charge in [-0.25, -0.2) is 0 Å². The van der Waals surface area contributed by atoms with Crippen LogP contribution in [0.4, 0.5) is 0 Å². The summed E-state index contributed by atoms with van der Waals surface area (Å²) in [5.74, 6) is 0.182. The minimum Gasteiger partial charge on any atom is -0.496 e. The number of hydrogen-bond donors (Lipinski definition) is 1. The van der Waals surface area contributed by atoms with Gasteiger partial charge in [0.25, 0.3) is 0 Å². The standard InChI is InChI=1S/C13H16N2O3/c1-18-11-5-3-2-4-9(11)8-15-12(16)7-6-10(14)13(15)17/h2-5,10H,6-8,14H2,1H3/t10-/m0/s1. The number of benzene rings is 1. The molecule has 5 nitrogen and oxygen atoms in total. The molecule has 1 aromatic carbocycles. The highest BCUT2D eigenvalue weighted by Crippen LogP contribution is 2.22. The lowest BCUT2D eigenvalue weighted by Gasteiger charge is -2.29. The zero-order valence-electron chi connectivity index (χ0n) is 10.3. The number of piperidine rings is 1. The van der Waals surface area contributed by atoms with Crippen LogP contribution >= 0.6 is 0 Å². The minimum absolute atomic E-state index is 0.174. The molecule has 0 radical (unpaired) electrons. The number of carbonyl (C=O) groups is 2. The maximum Gasteiger partial charge on any atom is 0.246 e. The number of nitrogens with two attached hydrogens (primary N) is 1. The molecule has 0 unspecified atom stereocenters. The second kappa shape index (κ2) is 5.18. The van der Waals surface area contributed by atoms with Gasteiger partial charge in [0, 0.05) is 12.0 Å². The first kappa shape index (κ1) is 12.6. The molecule has 1 atom stereocenters. The van der Waals surface area contributed by atoms with E-state index in [9.17, 15) is 9.59 Å². The van der Waals surface area contributed by atoms with E-state index in [0.717, 1.165) is 5.56 Å². The number of imide groups is 1. The molecule has 1 saturated heterocycles. The molecule has 2 rings (SSSR count). The topological polar surface area (TPSA) is 72.6 Å². The van der Waals surface area contributed by atoms with Crippen molar-refractivity contribution in [3.05, 3.63) is 29.8 Å². The van der Waals surface area contributed by atoms with Crippen LogP contribution < -0.4 is 10.5 Å². The number of nitrogens with zero attached hydrogens (tertiary/aromatic N) is 1. The quantitative estimate of drug-likeness (QED) is 0.798. The van der Waals surface area contributed by atoms with Crippen LogP contribution in [0.15, 0.2) is 24.3 Å². The zero-order chi connectivity index (χ0) is 13.1. The van der Waals surface area contributed by atoms with E-state index in [4.69, 9.17) is 10.5 Å². The summed E-state index contributed by atoms with van der Waals surface area (Å²) in [5, 5.41) is 0. The van der Waals surface area contributed by atoms with Crippen molar-refractivity contribution in [1.82, 2.24) is 4.90 Å². The predicted octanol–water partition coefficient (Wildman–Crippen LogP) is 0.671. The Hall–Kier alpha value is -1.88. The maximum atomic E-state index is 11.9. The van der Waals surface area contributed by atoms with Crippen molar-refractivity contribution in [2.45, 2.75) is 25.4 Å². The van der Waals surface area contributed by atoms with Crippen LogP contribution in [0, 0.1) is 0 Å². The van der Waals surface area contributed by atoms with Crippen molar-refractivity contribution in [1.29, 1.82) is 0 Å². The smallest absolute Gasteiger partial charge is 0.246 e. The fourth-order valence-electron chi connectivity index (χ4n) is 2.03. The Bertz CT molecular complexity index is 473. The molecule has 2 amide bonds. The molecule has 18 heavy (non-hydrogen) atoms. The first-order valence-electron chi connectivity index (χ1n) is 5.85. The molecule has 96 valence electrons. The van der Waals surface area contributed by atoms with Crippen molar-refractivity contribution in [3.63, 3.8) is 0 Å². The van der Waals surface area contributed by atoms with Crippen LogP contribution in [-0.2, 0) is 16.1 Å². The molecule has 0 spiro atoms. The molecular weight excluding hydrogens is 232 g/mol. The van der Waals surface area contributed by atoms with E-state index in [0.29, 0.717) is 18.6 Å². The largest absolute Gasteiger partial charge is 0.496 e. The first-order valence-corrected chi connectivity index (χ1v) is 5.85. The van der Waals surface area contributed by atoms with E-state index in [1.807, 2.05) is 18.2 Å². The molecule has 1 aliphatic heterocycles. The normalized spacial score (nSPS) is 20.1. The van der Waals surface area contributed by atoms with Gasteiger partial charge in [0.15, 0.2) is 0 Å². The van der Waals surface area contributed by atoms with Crippen LogP contribution in [0.2, 0.25) is 0 Å². The van der Waals surface area contributed by atoms with Gasteiger partial charge in [-0.15, -0.1) is 0 Å². The highest BCUT2D eigenvalue weighted by Gasteiger charge is 2.32. The Kier molecular flexibility index (Phi) is 3.62. The summed E-state index contributed by atoms with van der Waals surface area (Å²) in [7, 11) is 1.56. The van der Waals surface area contributed by atoms with Crippen LogP contribution in [0.3, 0.4) is 0 Å². The highest BCUT2D eigenvalue weighted by atomic mass is 16.5. The Labute approximate surface area is 106 Å². The molecule has 0 bridgehead atoms. The number of para-hydroxylation sites is 1. The average Bonchev–Trinajstić information content (AvgIpc) is 2.39. The second-order valence-electron chi connectivity index (χ2n) is 4.28. The van der Waals surface area contributed by atoms with Crippen molar-refractivity contribution in [3.8, 4) is 5.75 Å². The van der Waals surface area contributed by atoms with E-state index in [1.165, 1.54) is 4.90 Å². The molecule has 5 heteroatoms. The number of amides is 2. The number of rotatable bonds is 3. The van der Waals surface area contributed by atoms with Gasteiger partial charge in [-0.3, -0.25) is 14.5 Å². The number of likely N-dealkylation sites (tertiary alicyclic amines) is 1. The average molecular weight is 248 g/mol. The third kappa shape index (κ3) is 2.36. The number of carbonyl (C=O) groups excluding carboxylic acids is 2. The SMILES string of the molecule is COc1ccccc1CN1C(=O)CC[C@H](N)C1=O. The van der Waals surface area contributed by atoms with Gasteiger partial charge < -0.3 is 10.5 Å².